The third-order valence-corrected chi connectivity index (χ3v) is 2.76. The number of hydrogen-bond acceptors (Lipinski definition) is 3. The van der Waals surface area contributed by atoms with Crippen LogP contribution in [-0.4, -0.2) is 13.0 Å². The maximum atomic E-state index is 11.8. The van der Waals surface area contributed by atoms with Gasteiger partial charge in [0.15, 0.2) is 0 Å². The van der Waals surface area contributed by atoms with Crippen molar-refractivity contribution in [3.05, 3.63) is 60.2 Å². The molecule has 0 unspecified atom stereocenters. The first-order valence-corrected chi connectivity index (χ1v) is 6.16. The smallest absolute Gasteiger partial charge is 0.248 e. The molecule has 102 valence electrons. The fraction of sp³-hybridized carbons (Fsp3) is 0.0625. The van der Waals surface area contributed by atoms with Gasteiger partial charge in [-0.3, -0.25) is 4.79 Å². The molecular weight excluding hydrogens is 252 g/mol. The van der Waals surface area contributed by atoms with E-state index in [1.165, 1.54) is 6.08 Å². The number of anilines is 2. The standard InChI is InChI=1S/C16H16N2O2/c1-20-13-9-6-12(7-10-13)8-11-16(19)18-15-5-3-2-4-14(15)17/h2-11H,17H2,1H3,(H,18,19)/b11-8+. The molecule has 2 rings (SSSR count). The predicted octanol–water partition coefficient (Wildman–Crippen LogP) is 2.93. The average Bonchev–Trinajstić information content (AvgIpc) is 2.48. The lowest BCUT2D eigenvalue weighted by Gasteiger charge is -2.05. The van der Waals surface area contributed by atoms with Crippen LogP contribution in [0.5, 0.6) is 5.75 Å². The minimum absolute atomic E-state index is 0.223. The highest BCUT2D eigenvalue weighted by atomic mass is 16.5. The van der Waals surface area contributed by atoms with Gasteiger partial charge < -0.3 is 15.8 Å². The van der Waals surface area contributed by atoms with Gasteiger partial charge in [0.1, 0.15) is 5.75 Å². The predicted molar refractivity (Wildman–Crippen MR) is 81.5 cm³/mol. The number of amides is 1. The summed E-state index contributed by atoms with van der Waals surface area (Å²) in [6.07, 6.45) is 3.20. The van der Waals surface area contributed by atoms with Gasteiger partial charge in [0.2, 0.25) is 5.91 Å². The Morgan fingerprint density at radius 1 is 1.15 bits per heavy atom. The number of nitrogens with two attached hydrogens (primary N) is 1. The highest BCUT2D eigenvalue weighted by Gasteiger charge is 2.00. The molecule has 0 aliphatic rings. The number of ether oxygens (including phenoxy) is 1. The molecule has 0 aromatic heterocycles. The second-order valence-corrected chi connectivity index (χ2v) is 4.18. The zero-order valence-electron chi connectivity index (χ0n) is 11.2. The summed E-state index contributed by atoms with van der Waals surface area (Å²) >= 11 is 0. The number of methoxy groups -OCH3 is 1. The van der Waals surface area contributed by atoms with Gasteiger partial charge in [-0.2, -0.15) is 0 Å². The van der Waals surface area contributed by atoms with Gasteiger partial charge in [-0.15, -0.1) is 0 Å². The Bertz CT molecular complexity index is 619. The molecule has 20 heavy (non-hydrogen) atoms. The summed E-state index contributed by atoms with van der Waals surface area (Å²) in [5.74, 6) is 0.558. The molecule has 0 saturated carbocycles. The molecule has 0 heterocycles. The molecule has 0 radical (unpaired) electrons. The lowest BCUT2D eigenvalue weighted by atomic mass is 10.2. The summed E-state index contributed by atoms with van der Waals surface area (Å²) in [6.45, 7) is 0. The maximum Gasteiger partial charge on any atom is 0.248 e. The first-order chi connectivity index (χ1) is 9.69. The highest BCUT2D eigenvalue weighted by molar-refractivity contribution is 6.03. The minimum Gasteiger partial charge on any atom is -0.497 e. The van der Waals surface area contributed by atoms with Crippen molar-refractivity contribution in [3.63, 3.8) is 0 Å². The second kappa shape index (κ2) is 6.43. The van der Waals surface area contributed by atoms with Gasteiger partial charge in [-0.25, -0.2) is 0 Å². The van der Waals surface area contributed by atoms with Crippen LogP contribution >= 0.6 is 0 Å². The fourth-order valence-corrected chi connectivity index (χ4v) is 1.67. The molecule has 0 aliphatic heterocycles. The molecular formula is C16H16N2O2. The van der Waals surface area contributed by atoms with Crippen LogP contribution in [0.25, 0.3) is 6.08 Å². The Hall–Kier alpha value is -2.75. The van der Waals surface area contributed by atoms with Crippen LogP contribution in [0.3, 0.4) is 0 Å². The van der Waals surface area contributed by atoms with Crippen molar-refractivity contribution in [1.82, 2.24) is 0 Å². The number of para-hydroxylation sites is 2. The van der Waals surface area contributed by atoms with Crippen LogP contribution in [0.15, 0.2) is 54.6 Å². The van der Waals surface area contributed by atoms with E-state index < -0.39 is 0 Å². The first-order valence-electron chi connectivity index (χ1n) is 6.16. The van der Waals surface area contributed by atoms with Crippen molar-refractivity contribution in [1.29, 1.82) is 0 Å². The zero-order valence-corrected chi connectivity index (χ0v) is 11.2. The number of nitrogen functional groups attached to an aromatic ring is 1. The zero-order chi connectivity index (χ0) is 14.4. The number of nitrogens with one attached hydrogen (secondary N) is 1. The van der Waals surface area contributed by atoms with Crippen molar-refractivity contribution in [2.75, 3.05) is 18.2 Å². The molecule has 3 N–H and O–H groups in total. The molecule has 2 aromatic rings. The Morgan fingerprint density at radius 3 is 2.50 bits per heavy atom. The van der Waals surface area contributed by atoms with E-state index >= 15 is 0 Å². The van der Waals surface area contributed by atoms with E-state index in [0.29, 0.717) is 11.4 Å². The van der Waals surface area contributed by atoms with E-state index in [4.69, 9.17) is 10.5 Å². The SMILES string of the molecule is COc1ccc(/C=C/C(=O)Nc2ccccc2N)cc1. The van der Waals surface area contributed by atoms with Crippen molar-refractivity contribution in [2.45, 2.75) is 0 Å². The summed E-state index contributed by atoms with van der Waals surface area (Å²) in [5, 5.41) is 2.73. The van der Waals surface area contributed by atoms with E-state index in [-0.39, 0.29) is 5.91 Å². The Morgan fingerprint density at radius 2 is 1.85 bits per heavy atom. The lowest BCUT2D eigenvalue weighted by Crippen LogP contribution is -2.09. The molecule has 0 aliphatic carbocycles. The quantitative estimate of drug-likeness (QED) is 0.662. The number of carbonyl (C=O) groups excluding carboxylic acids is 1. The molecule has 4 heteroatoms. The van der Waals surface area contributed by atoms with Gasteiger partial charge in [-0.1, -0.05) is 24.3 Å². The van der Waals surface area contributed by atoms with Crippen molar-refractivity contribution >= 4 is 23.4 Å². The van der Waals surface area contributed by atoms with E-state index in [1.807, 2.05) is 36.4 Å². The Labute approximate surface area is 117 Å². The summed E-state index contributed by atoms with van der Waals surface area (Å²) < 4.78 is 5.07. The third-order valence-electron chi connectivity index (χ3n) is 2.76. The number of rotatable bonds is 4. The van der Waals surface area contributed by atoms with Crippen LogP contribution in [0.4, 0.5) is 11.4 Å². The van der Waals surface area contributed by atoms with Crippen LogP contribution in [0.1, 0.15) is 5.56 Å². The first kappa shape index (κ1) is 13.7. The molecule has 0 saturated heterocycles. The normalized spacial score (nSPS) is 10.4. The molecule has 0 spiro atoms. The summed E-state index contributed by atoms with van der Waals surface area (Å²) in [5.41, 5.74) is 7.82. The minimum atomic E-state index is -0.223. The molecule has 0 bridgehead atoms. The fourth-order valence-electron chi connectivity index (χ4n) is 1.67. The monoisotopic (exact) mass is 268 g/mol. The largest absolute Gasteiger partial charge is 0.497 e. The average molecular weight is 268 g/mol. The summed E-state index contributed by atoms with van der Waals surface area (Å²) in [4.78, 5) is 11.8. The van der Waals surface area contributed by atoms with Gasteiger partial charge in [-0.05, 0) is 35.9 Å². The Balaban J connectivity index is 2.00. The van der Waals surface area contributed by atoms with Gasteiger partial charge in [0, 0.05) is 6.08 Å². The van der Waals surface area contributed by atoms with Crippen LogP contribution in [0.2, 0.25) is 0 Å². The number of benzene rings is 2. The number of carbonyl (C=O) groups is 1. The maximum absolute atomic E-state index is 11.8. The summed E-state index contributed by atoms with van der Waals surface area (Å²) in [6, 6.07) is 14.6. The third kappa shape index (κ3) is 3.62. The van der Waals surface area contributed by atoms with Gasteiger partial charge in [0.05, 0.1) is 18.5 Å². The summed E-state index contributed by atoms with van der Waals surface area (Å²) in [7, 11) is 1.61. The number of hydrogen-bond donors (Lipinski definition) is 2. The van der Waals surface area contributed by atoms with Crippen LogP contribution in [0, 0.1) is 0 Å². The lowest BCUT2D eigenvalue weighted by molar-refractivity contribution is -0.111. The molecule has 4 nitrogen and oxygen atoms in total. The van der Waals surface area contributed by atoms with Crippen molar-refractivity contribution < 1.29 is 9.53 Å². The van der Waals surface area contributed by atoms with E-state index in [2.05, 4.69) is 5.32 Å². The molecule has 2 aromatic carbocycles. The van der Waals surface area contributed by atoms with Crippen molar-refractivity contribution in [2.24, 2.45) is 0 Å². The van der Waals surface area contributed by atoms with Crippen molar-refractivity contribution in [3.8, 4) is 5.75 Å². The van der Waals surface area contributed by atoms with Crippen LogP contribution < -0.4 is 15.8 Å². The molecule has 0 fully saturated rings. The van der Waals surface area contributed by atoms with E-state index in [1.54, 1.807) is 25.3 Å². The molecule has 1 amide bonds. The van der Waals surface area contributed by atoms with E-state index in [0.717, 1.165) is 11.3 Å². The molecule has 0 atom stereocenters. The van der Waals surface area contributed by atoms with Crippen LogP contribution in [-0.2, 0) is 4.79 Å². The van der Waals surface area contributed by atoms with Gasteiger partial charge >= 0.3 is 0 Å². The van der Waals surface area contributed by atoms with E-state index in [9.17, 15) is 4.79 Å². The highest BCUT2D eigenvalue weighted by Crippen LogP contribution is 2.17. The van der Waals surface area contributed by atoms with Gasteiger partial charge in [0.25, 0.3) is 0 Å². The second-order valence-electron chi connectivity index (χ2n) is 4.18. The topological polar surface area (TPSA) is 64.3 Å². The Kier molecular flexibility index (Phi) is 4.39.